The van der Waals surface area contributed by atoms with E-state index < -0.39 is 0 Å². The lowest BCUT2D eigenvalue weighted by Crippen LogP contribution is -2.07. The van der Waals surface area contributed by atoms with Crippen molar-refractivity contribution in [2.24, 2.45) is 9.98 Å². The number of rotatable bonds is 7. The largest absolute Gasteiger partial charge is 0.388 e. The fraction of sp³-hybridized carbons (Fsp3) is 0.385. The van der Waals surface area contributed by atoms with Gasteiger partial charge in [-0.1, -0.05) is 0 Å². The molecule has 0 aromatic heterocycles. The third-order valence-electron chi connectivity index (χ3n) is 2.93. The van der Waals surface area contributed by atoms with E-state index in [1.165, 1.54) is 12.2 Å². The van der Waals surface area contributed by atoms with Gasteiger partial charge in [-0.15, -0.1) is 0 Å². The van der Waals surface area contributed by atoms with E-state index >= 15 is 0 Å². The molecule has 0 aliphatic heterocycles. The number of carbonyl (C=O) groups excluding carboxylic acids is 2. The summed E-state index contributed by atoms with van der Waals surface area (Å²) >= 11 is 0. The number of hydrogen-bond acceptors (Lipinski definition) is 7. The van der Waals surface area contributed by atoms with Gasteiger partial charge in [0.2, 0.25) is 12.2 Å². The van der Waals surface area contributed by atoms with Gasteiger partial charge in [0.1, 0.15) is 0 Å². The van der Waals surface area contributed by atoms with Crippen LogP contribution >= 0.6 is 0 Å². The molecular formula is C13H17N5O2. The third-order valence-corrected chi connectivity index (χ3v) is 2.93. The zero-order valence-electron chi connectivity index (χ0n) is 11.7. The Morgan fingerprint density at radius 3 is 1.65 bits per heavy atom. The Morgan fingerprint density at radius 1 is 0.900 bits per heavy atom. The van der Waals surface area contributed by atoms with E-state index in [-0.39, 0.29) is 13.1 Å². The molecule has 0 radical (unpaired) electrons. The number of benzene rings is 1. The van der Waals surface area contributed by atoms with Crippen molar-refractivity contribution in [1.29, 1.82) is 0 Å². The van der Waals surface area contributed by atoms with Crippen molar-refractivity contribution in [3.8, 4) is 0 Å². The summed E-state index contributed by atoms with van der Waals surface area (Å²) in [6.45, 7) is 0.384. The molecule has 0 amide bonds. The fourth-order valence-corrected chi connectivity index (χ4v) is 2.07. The lowest BCUT2D eigenvalue weighted by atomic mass is 10.0. The molecule has 0 saturated carbocycles. The average Bonchev–Trinajstić information content (AvgIpc) is 2.49. The smallest absolute Gasteiger partial charge is 0.235 e. The molecule has 1 aromatic carbocycles. The highest BCUT2D eigenvalue weighted by Gasteiger charge is 2.16. The maximum atomic E-state index is 10.3. The molecule has 0 bridgehead atoms. The maximum Gasteiger partial charge on any atom is 0.235 e. The van der Waals surface area contributed by atoms with Gasteiger partial charge in [0, 0.05) is 49.3 Å². The van der Waals surface area contributed by atoms with Gasteiger partial charge in [0.15, 0.2) is 0 Å². The first kappa shape index (κ1) is 15.4. The predicted molar refractivity (Wildman–Crippen MR) is 78.7 cm³/mol. The van der Waals surface area contributed by atoms with Crippen molar-refractivity contribution >= 4 is 29.2 Å². The molecule has 1 rings (SSSR count). The molecule has 1 aromatic rings. The summed E-state index contributed by atoms with van der Waals surface area (Å²) in [7, 11) is 5.33. The second-order valence-corrected chi connectivity index (χ2v) is 3.87. The molecule has 3 N–H and O–H groups in total. The molecule has 0 saturated heterocycles. The molecule has 20 heavy (non-hydrogen) atoms. The van der Waals surface area contributed by atoms with Crippen molar-refractivity contribution in [1.82, 2.24) is 0 Å². The molecule has 0 fully saturated rings. The van der Waals surface area contributed by atoms with Crippen molar-refractivity contribution in [3.63, 3.8) is 0 Å². The second kappa shape index (κ2) is 7.74. The van der Waals surface area contributed by atoms with Crippen LogP contribution in [0.3, 0.4) is 0 Å². The van der Waals surface area contributed by atoms with Crippen molar-refractivity contribution in [3.05, 3.63) is 17.2 Å². The Morgan fingerprint density at radius 2 is 1.35 bits per heavy atom. The Labute approximate surface area is 117 Å². The highest BCUT2D eigenvalue weighted by atomic mass is 16.1. The zero-order valence-corrected chi connectivity index (χ0v) is 11.7. The summed E-state index contributed by atoms with van der Waals surface area (Å²) in [4.78, 5) is 27.9. The van der Waals surface area contributed by atoms with E-state index in [1.807, 2.05) is 6.07 Å². The molecule has 0 aliphatic carbocycles. The van der Waals surface area contributed by atoms with E-state index in [2.05, 4.69) is 25.9 Å². The van der Waals surface area contributed by atoms with E-state index in [0.717, 1.165) is 28.2 Å². The van der Waals surface area contributed by atoms with Gasteiger partial charge in [-0.3, -0.25) is 0 Å². The number of nitrogens with one attached hydrogen (secondary N) is 3. The first-order chi connectivity index (χ1) is 9.73. The number of anilines is 3. The van der Waals surface area contributed by atoms with Gasteiger partial charge in [-0.2, -0.15) is 0 Å². The highest BCUT2D eigenvalue weighted by molar-refractivity contribution is 5.78. The summed E-state index contributed by atoms with van der Waals surface area (Å²) in [5.74, 6) is 0. The van der Waals surface area contributed by atoms with E-state index in [1.54, 1.807) is 21.1 Å². The minimum absolute atomic E-state index is 0.192. The summed E-state index contributed by atoms with van der Waals surface area (Å²) < 4.78 is 0. The van der Waals surface area contributed by atoms with E-state index in [0.29, 0.717) is 0 Å². The molecule has 0 unspecified atom stereocenters. The number of hydrogen-bond donors (Lipinski definition) is 3. The predicted octanol–water partition coefficient (Wildman–Crippen LogP) is 1.48. The fourth-order valence-electron chi connectivity index (χ4n) is 2.07. The van der Waals surface area contributed by atoms with E-state index in [9.17, 15) is 9.59 Å². The summed E-state index contributed by atoms with van der Waals surface area (Å²) in [6, 6.07) is 1.88. The molecule has 0 aliphatic rings. The summed E-state index contributed by atoms with van der Waals surface area (Å²) in [6.07, 6.45) is 3.06. The Hall–Kier alpha value is -2.62. The average molecular weight is 275 g/mol. The van der Waals surface area contributed by atoms with Crippen LogP contribution in [0.4, 0.5) is 17.1 Å². The molecule has 106 valence electrons. The Balaban J connectivity index is 3.53. The molecule has 0 spiro atoms. The van der Waals surface area contributed by atoms with E-state index in [4.69, 9.17) is 0 Å². The first-order valence-corrected chi connectivity index (χ1v) is 6.02. The van der Waals surface area contributed by atoms with Gasteiger partial charge in [-0.05, 0) is 6.07 Å². The van der Waals surface area contributed by atoms with Gasteiger partial charge >= 0.3 is 0 Å². The van der Waals surface area contributed by atoms with Gasteiger partial charge < -0.3 is 16.0 Å². The first-order valence-electron chi connectivity index (χ1n) is 6.02. The zero-order chi connectivity index (χ0) is 15.0. The summed E-state index contributed by atoms with van der Waals surface area (Å²) in [5.41, 5.74) is 4.06. The standard InChI is InChI=1S/C13H17N5O2/c1-14-11-4-12(15-2)10(6-18-8-20)13(16-3)9(11)5-17-7-19/h4,14-16H,5-6H2,1-3H3. The summed E-state index contributed by atoms with van der Waals surface area (Å²) in [5, 5.41) is 9.19. The quantitative estimate of drug-likeness (QED) is 0.517. The number of aliphatic imine (C=N–C) groups is 2. The van der Waals surface area contributed by atoms with Crippen molar-refractivity contribution in [2.45, 2.75) is 13.1 Å². The van der Waals surface area contributed by atoms with Crippen LogP contribution in [-0.2, 0) is 22.7 Å². The Bertz CT molecular complexity index is 526. The molecule has 0 atom stereocenters. The van der Waals surface area contributed by atoms with Gasteiger partial charge in [0.25, 0.3) is 0 Å². The van der Waals surface area contributed by atoms with Crippen LogP contribution in [0.1, 0.15) is 11.1 Å². The second-order valence-electron chi connectivity index (χ2n) is 3.87. The number of nitrogens with zero attached hydrogens (tertiary/aromatic N) is 2. The van der Waals surface area contributed by atoms with Crippen molar-refractivity contribution in [2.75, 3.05) is 37.1 Å². The molecule has 7 nitrogen and oxygen atoms in total. The van der Waals surface area contributed by atoms with Crippen LogP contribution in [0.2, 0.25) is 0 Å². The molecular weight excluding hydrogens is 258 g/mol. The number of isocyanates is 2. The highest BCUT2D eigenvalue weighted by Crippen LogP contribution is 2.35. The SMILES string of the molecule is CNc1cc(NC)c(CN=C=O)c(NC)c1CN=C=O. The lowest BCUT2D eigenvalue weighted by Gasteiger charge is -2.20. The van der Waals surface area contributed by atoms with Crippen LogP contribution in [0.5, 0.6) is 0 Å². The minimum Gasteiger partial charge on any atom is -0.388 e. The van der Waals surface area contributed by atoms with Crippen molar-refractivity contribution < 1.29 is 9.59 Å². The van der Waals surface area contributed by atoms with Gasteiger partial charge in [0.05, 0.1) is 13.1 Å². The monoisotopic (exact) mass is 275 g/mol. The van der Waals surface area contributed by atoms with Crippen LogP contribution in [-0.4, -0.2) is 33.3 Å². The minimum atomic E-state index is 0.192. The van der Waals surface area contributed by atoms with Crippen LogP contribution in [0, 0.1) is 0 Å². The Kier molecular flexibility index (Phi) is 5.97. The third kappa shape index (κ3) is 3.23. The molecule has 0 heterocycles. The van der Waals surface area contributed by atoms with Crippen LogP contribution in [0.25, 0.3) is 0 Å². The molecule has 7 heteroatoms. The normalized spacial score (nSPS) is 9.15. The maximum absolute atomic E-state index is 10.3. The lowest BCUT2D eigenvalue weighted by molar-refractivity contribution is 0.562. The van der Waals surface area contributed by atoms with Gasteiger partial charge in [-0.25, -0.2) is 19.6 Å². The topological polar surface area (TPSA) is 94.9 Å². The van der Waals surface area contributed by atoms with Crippen LogP contribution < -0.4 is 16.0 Å². The van der Waals surface area contributed by atoms with Crippen LogP contribution in [0.15, 0.2) is 16.1 Å².